The van der Waals surface area contributed by atoms with E-state index in [1.54, 1.807) is 77.6 Å². The van der Waals surface area contributed by atoms with Crippen molar-refractivity contribution in [3.8, 4) is 0 Å². The van der Waals surface area contributed by atoms with Gasteiger partial charge in [-0.1, -0.05) is 18.2 Å². The number of amides is 1. The standard InChI is InChI=1S/C25H24N4O4S/c30-25(20-6-9-24-26-10-11-29(24)18-20)27-17-19-4-7-22(8-5-19)34(31,32)23-3-1-2-21(16-23)28-12-14-33-15-13-28/h1-11,16,18H,12-15,17H2,(H,27,30). The van der Waals surface area contributed by atoms with E-state index in [-0.39, 0.29) is 22.2 Å². The van der Waals surface area contributed by atoms with Crippen LogP contribution in [0, 0.1) is 0 Å². The molecule has 0 aliphatic carbocycles. The third kappa shape index (κ3) is 4.52. The molecular weight excluding hydrogens is 452 g/mol. The Morgan fingerprint density at radius 2 is 1.79 bits per heavy atom. The fraction of sp³-hybridized carbons (Fsp3) is 0.200. The van der Waals surface area contributed by atoms with Crippen LogP contribution in [0.25, 0.3) is 5.65 Å². The number of imidazole rings is 1. The predicted molar refractivity (Wildman–Crippen MR) is 128 cm³/mol. The third-order valence-electron chi connectivity index (χ3n) is 5.84. The zero-order valence-corrected chi connectivity index (χ0v) is 19.2. The molecule has 1 fully saturated rings. The number of nitrogens with zero attached hydrogens (tertiary/aromatic N) is 3. The number of ether oxygens (including phenoxy) is 1. The molecule has 9 heteroatoms. The van der Waals surface area contributed by atoms with Crippen molar-refractivity contribution < 1.29 is 17.9 Å². The molecule has 0 bridgehead atoms. The van der Waals surface area contributed by atoms with Gasteiger partial charge in [0.2, 0.25) is 9.84 Å². The fourth-order valence-electron chi connectivity index (χ4n) is 3.93. The molecule has 0 radical (unpaired) electrons. The number of aromatic nitrogens is 2. The molecule has 1 amide bonds. The van der Waals surface area contributed by atoms with Crippen LogP contribution in [0.3, 0.4) is 0 Å². The maximum absolute atomic E-state index is 13.2. The van der Waals surface area contributed by atoms with E-state index in [4.69, 9.17) is 4.74 Å². The van der Waals surface area contributed by atoms with Gasteiger partial charge in [0.05, 0.1) is 28.6 Å². The highest BCUT2D eigenvalue weighted by molar-refractivity contribution is 7.91. The lowest BCUT2D eigenvalue weighted by Crippen LogP contribution is -2.36. The number of sulfone groups is 1. The predicted octanol–water partition coefficient (Wildman–Crippen LogP) is 2.93. The van der Waals surface area contributed by atoms with E-state index in [1.165, 1.54) is 0 Å². The van der Waals surface area contributed by atoms with Gasteiger partial charge < -0.3 is 19.4 Å². The average Bonchev–Trinajstić information content (AvgIpc) is 3.36. The number of fused-ring (bicyclic) bond motifs is 1. The minimum absolute atomic E-state index is 0.215. The highest BCUT2D eigenvalue weighted by Crippen LogP contribution is 2.26. The van der Waals surface area contributed by atoms with Crippen LogP contribution < -0.4 is 10.2 Å². The van der Waals surface area contributed by atoms with E-state index in [0.29, 0.717) is 18.8 Å². The molecule has 1 aliphatic heterocycles. The van der Waals surface area contributed by atoms with Crippen molar-refractivity contribution in [2.75, 3.05) is 31.2 Å². The maximum atomic E-state index is 13.2. The smallest absolute Gasteiger partial charge is 0.253 e. The van der Waals surface area contributed by atoms with Crippen molar-refractivity contribution in [3.05, 3.63) is 90.4 Å². The molecule has 0 unspecified atom stereocenters. The fourth-order valence-corrected chi connectivity index (χ4v) is 5.23. The molecule has 0 saturated carbocycles. The zero-order chi connectivity index (χ0) is 23.5. The van der Waals surface area contributed by atoms with Gasteiger partial charge in [-0.15, -0.1) is 0 Å². The summed E-state index contributed by atoms with van der Waals surface area (Å²) >= 11 is 0. The van der Waals surface area contributed by atoms with E-state index in [9.17, 15) is 13.2 Å². The number of rotatable bonds is 6. The number of hydrogen-bond donors (Lipinski definition) is 1. The van der Waals surface area contributed by atoms with Crippen LogP contribution in [0.2, 0.25) is 0 Å². The van der Waals surface area contributed by atoms with Gasteiger partial charge >= 0.3 is 0 Å². The summed E-state index contributed by atoms with van der Waals surface area (Å²) in [6.07, 6.45) is 5.17. The Bertz CT molecular complexity index is 1420. The quantitative estimate of drug-likeness (QED) is 0.460. The second kappa shape index (κ2) is 9.28. The lowest BCUT2D eigenvalue weighted by molar-refractivity contribution is 0.0950. The molecule has 4 aromatic rings. The molecule has 0 spiro atoms. The first-order chi connectivity index (χ1) is 16.5. The highest BCUT2D eigenvalue weighted by atomic mass is 32.2. The lowest BCUT2D eigenvalue weighted by atomic mass is 10.2. The van der Waals surface area contributed by atoms with Crippen molar-refractivity contribution in [3.63, 3.8) is 0 Å². The van der Waals surface area contributed by atoms with Crippen molar-refractivity contribution in [1.29, 1.82) is 0 Å². The number of benzene rings is 2. The number of carbonyl (C=O) groups excluding carboxylic acids is 1. The molecule has 1 saturated heterocycles. The minimum atomic E-state index is -3.66. The van der Waals surface area contributed by atoms with Crippen molar-refractivity contribution >= 4 is 27.1 Å². The van der Waals surface area contributed by atoms with Gasteiger partial charge in [-0.2, -0.15) is 0 Å². The van der Waals surface area contributed by atoms with Crippen LogP contribution in [0.1, 0.15) is 15.9 Å². The number of nitrogens with one attached hydrogen (secondary N) is 1. The summed E-state index contributed by atoms with van der Waals surface area (Å²) in [5.74, 6) is -0.216. The summed E-state index contributed by atoms with van der Waals surface area (Å²) in [6.45, 7) is 3.02. The molecule has 1 N–H and O–H groups in total. The lowest BCUT2D eigenvalue weighted by Gasteiger charge is -2.29. The minimum Gasteiger partial charge on any atom is -0.378 e. The summed E-state index contributed by atoms with van der Waals surface area (Å²) in [5.41, 5.74) is 2.96. The molecule has 2 aromatic heterocycles. The Balaban J connectivity index is 1.27. The van der Waals surface area contributed by atoms with Crippen LogP contribution in [0.4, 0.5) is 5.69 Å². The summed E-state index contributed by atoms with van der Waals surface area (Å²) < 4.78 is 33.6. The van der Waals surface area contributed by atoms with Gasteiger partial charge in [-0.05, 0) is 48.0 Å². The Hall–Kier alpha value is -3.69. The van der Waals surface area contributed by atoms with E-state index in [0.717, 1.165) is 30.0 Å². The van der Waals surface area contributed by atoms with E-state index in [1.807, 2.05) is 6.07 Å². The summed E-state index contributed by atoms with van der Waals surface area (Å²) in [7, 11) is -3.66. The number of anilines is 1. The Morgan fingerprint density at radius 1 is 1.00 bits per heavy atom. The Labute approximate surface area is 197 Å². The first kappa shape index (κ1) is 22.1. The topological polar surface area (TPSA) is 93.0 Å². The molecule has 1 aliphatic rings. The first-order valence-corrected chi connectivity index (χ1v) is 12.5. The summed E-state index contributed by atoms with van der Waals surface area (Å²) in [6, 6.07) is 17.1. The van der Waals surface area contributed by atoms with Gasteiger partial charge in [0.1, 0.15) is 5.65 Å². The van der Waals surface area contributed by atoms with Crippen LogP contribution in [0.5, 0.6) is 0 Å². The number of carbonyl (C=O) groups is 1. The number of hydrogen-bond acceptors (Lipinski definition) is 6. The monoisotopic (exact) mass is 476 g/mol. The van der Waals surface area contributed by atoms with Crippen LogP contribution >= 0.6 is 0 Å². The molecule has 2 aromatic carbocycles. The van der Waals surface area contributed by atoms with Crippen LogP contribution in [-0.4, -0.2) is 50.0 Å². The van der Waals surface area contributed by atoms with Crippen molar-refractivity contribution in [2.24, 2.45) is 0 Å². The van der Waals surface area contributed by atoms with E-state index >= 15 is 0 Å². The molecule has 174 valence electrons. The van der Waals surface area contributed by atoms with Crippen molar-refractivity contribution in [2.45, 2.75) is 16.3 Å². The molecule has 34 heavy (non-hydrogen) atoms. The first-order valence-electron chi connectivity index (χ1n) is 11.0. The van der Waals surface area contributed by atoms with Gasteiger partial charge in [0.15, 0.2) is 0 Å². The molecular formula is C25H24N4O4S. The van der Waals surface area contributed by atoms with Gasteiger partial charge in [0.25, 0.3) is 5.91 Å². The normalized spacial score (nSPS) is 14.3. The number of morpholine rings is 1. The van der Waals surface area contributed by atoms with E-state index < -0.39 is 9.84 Å². The second-order valence-electron chi connectivity index (χ2n) is 8.04. The Kier molecular flexibility index (Phi) is 6.04. The van der Waals surface area contributed by atoms with Crippen LogP contribution in [0.15, 0.2) is 89.0 Å². The highest BCUT2D eigenvalue weighted by Gasteiger charge is 2.20. The zero-order valence-electron chi connectivity index (χ0n) is 18.4. The molecule has 3 heterocycles. The molecule has 8 nitrogen and oxygen atoms in total. The largest absolute Gasteiger partial charge is 0.378 e. The Morgan fingerprint density at radius 3 is 2.59 bits per heavy atom. The second-order valence-corrected chi connectivity index (χ2v) is 9.99. The third-order valence-corrected chi connectivity index (χ3v) is 7.61. The number of pyridine rings is 1. The van der Waals surface area contributed by atoms with Gasteiger partial charge in [-0.3, -0.25) is 4.79 Å². The van der Waals surface area contributed by atoms with Crippen molar-refractivity contribution in [1.82, 2.24) is 14.7 Å². The van der Waals surface area contributed by atoms with Gasteiger partial charge in [0, 0.05) is 43.9 Å². The van der Waals surface area contributed by atoms with Gasteiger partial charge in [-0.25, -0.2) is 13.4 Å². The van der Waals surface area contributed by atoms with E-state index in [2.05, 4.69) is 15.2 Å². The molecule has 0 atom stereocenters. The molecule has 5 rings (SSSR count). The maximum Gasteiger partial charge on any atom is 0.253 e. The average molecular weight is 477 g/mol. The summed E-state index contributed by atoms with van der Waals surface area (Å²) in [4.78, 5) is 19.3. The summed E-state index contributed by atoms with van der Waals surface area (Å²) in [5, 5.41) is 2.87. The SMILES string of the molecule is O=C(NCc1ccc(S(=O)(=O)c2cccc(N3CCOCC3)c2)cc1)c1ccc2nccn2c1. The van der Waals surface area contributed by atoms with Crippen LogP contribution in [-0.2, 0) is 21.1 Å².